The van der Waals surface area contributed by atoms with Gasteiger partial charge in [-0.3, -0.25) is 9.59 Å². The Labute approximate surface area is 157 Å². The molecule has 1 saturated heterocycles. The van der Waals surface area contributed by atoms with Crippen molar-refractivity contribution in [3.63, 3.8) is 0 Å². The van der Waals surface area contributed by atoms with Crippen molar-refractivity contribution < 1.29 is 23.5 Å². The Balaban J connectivity index is 1.63. The van der Waals surface area contributed by atoms with Crippen molar-refractivity contribution in [3.05, 3.63) is 47.8 Å². The summed E-state index contributed by atoms with van der Waals surface area (Å²) in [7, 11) is 0. The van der Waals surface area contributed by atoms with Gasteiger partial charge in [0.25, 0.3) is 11.8 Å². The van der Waals surface area contributed by atoms with Crippen LogP contribution >= 0.6 is 0 Å². The number of carbonyl (C=O) groups is 2. The summed E-state index contributed by atoms with van der Waals surface area (Å²) in [5.74, 6) is 5.56. The molecule has 0 bridgehead atoms. The molecule has 0 radical (unpaired) electrons. The Kier molecular flexibility index (Phi) is 5.38. The van der Waals surface area contributed by atoms with Crippen LogP contribution in [0.15, 0.2) is 39.6 Å². The van der Waals surface area contributed by atoms with Gasteiger partial charge >= 0.3 is 0 Å². The van der Waals surface area contributed by atoms with E-state index in [1.165, 1.54) is 12.5 Å². The van der Waals surface area contributed by atoms with Crippen molar-refractivity contribution in [2.45, 2.75) is 25.9 Å². The van der Waals surface area contributed by atoms with E-state index in [4.69, 9.17) is 8.83 Å². The highest BCUT2D eigenvalue weighted by Crippen LogP contribution is 2.14. The zero-order chi connectivity index (χ0) is 19.4. The van der Waals surface area contributed by atoms with Gasteiger partial charge in [0.2, 0.25) is 0 Å². The highest BCUT2D eigenvalue weighted by molar-refractivity contribution is 5.94. The first kappa shape index (κ1) is 18.8. The predicted molar refractivity (Wildman–Crippen MR) is 97.0 cm³/mol. The van der Waals surface area contributed by atoms with Crippen LogP contribution < -0.4 is 0 Å². The van der Waals surface area contributed by atoms with Crippen LogP contribution in [0.3, 0.4) is 0 Å². The zero-order valence-corrected chi connectivity index (χ0v) is 15.4. The number of aliphatic hydroxyl groups is 1. The zero-order valence-electron chi connectivity index (χ0n) is 15.4. The van der Waals surface area contributed by atoms with Gasteiger partial charge in [0.05, 0.1) is 11.8 Å². The van der Waals surface area contributed by atoms with Gasteiger partial charge in [-0.15, -0.1) is 0 Å². The Morgan fingerprint density at radius 2 is 1.78 bits per heavy atom. The van der Waals surface area contributed by atoms with E-state index in [2.05, 4.69) is 11.8 Å². The number of hydrogen-bond acceptors (Lipinski definition) is 5. The van der Waals surface area contributed by atoms with Crippen molar-refractivity contribution in [2.24, 2.45) is 0 Å². The molecular formula is C20H22N2O5. The van der Waals surface area contributed by atoms with Gasteiger partial charge in [0.1, 0.15) is 11.9 Å². The molecule has 3 heterocycles. The molecule has 0 saturated carbocycles. The largest absolute Gasteiger partial charge is 0.472 e. The molecule has 7 nitrogen and oxygen atoms in total. The summed E-state index contributed by atoms with van der Waals surface area (Å²) in [6.07, 6.45) is 3.58. The maximum absolute atomic E-state index is 12.7. The molecule has 1 N–H and O–H groups in total. The fourth-order valence-corrected chi connectivity index (χ4v) is 2.78. The summed E-state index contributed by atoms with van der Waals surface area (Å²) in [5, 5.41) is 9.64. The molecule has 2 aromatic rings. The molecule has 0 spiro atoms. The number of rotatable bonds is 2. The summed E-state index contributed by atoms with van der Waals surface area (Å²) in [6.45, 7) is 5.13. The van der Waals surface area contributed by atoms with Crippen molar-refractivity contribution in [1.29, 1.82) is 0 Å². The SMILES string of the molecule is CC(C)(O)C#Cc1ccc(C(=O)N2CCCN(C(=O)c3ccoc3)CC2)o1. The first-order valence-corrected chi connectivity index (χ1v) is 8.79. The van der Waals surface area contributed by atoms with Gasteiger partial charge in [0.15, 0.2) is 11.5 Å². The lowest BCUT2D eigenvalue weighted by molar-refractivity contribution is 0.0699. The minimum Gasteiger partial charge on any atom is -0.472 e. The Morgan fingerprint density at radius 1 is 1.07 bits per heavy atom. The smallest absolute Gasteiger partial charge is 0.289 e. The van der Waals surface area contributed by atoms with Crippen LogP contribution in [0.4, 0.5) is 0 Å². The quantitative estimate of drug-likeness (QED) is 0.817. The molecule has 1 aliphatic heterocycles. The van der Waals surface area contributed by atoms with E-state index in [0.29, 0.717) is 43.9 Å². The first-order chi connectivity index (χ1) is 12.8. The van der Waals surface area contributed by atoms with Crippen LogP contribution in [0.25, 0.3) is 0 Å². The minimum absolute atomic E-state index is 0.0970. The summed E-state index contributed by atoms with van der Waals surface area (Å²) in [6, 6.07) is 4.82. The second-order valence-corrected chi connectivity index (χ2v) is 6.92. The standard InChI is InChI=1S/C20H22N2O5/c1-20(2,25)8-6-16-4-5-17(27-16)19(24)22-10-3-9-21(11-12-22)18(23)15-7-13-26-14-15/h4-5,7,13-14,25H,3,9-12H2,1-2H3. The molecule has 142 valence electrons. The second kappa shape index (κ2) is 7.72. The number of nitrogens with zero attached hydrogens (tertiary/aromatic N) is 2. The molecule has 27 heavy (non-hydrogen) atoms. The molecule has 1 aliphatic rings. The lowest BCUT2D eigenvalue weighted by atomic mass is 10.1. The third kappa shape index (κ3) is 4.80. The summed E-state index contributed by atoms with van der Waals surface area (Å²) < 4.78 is 10.5. The van der Waals surface area contributed by atoms with Crippen molar-refractivity contribution in [3.8, 4) is 11.8 Å². The molecule has 0 atom stereocenters. The maximum Gasteiger partial charge on any atom is 0.289 e. The molecule has 0 aliphatic carbocycles. The van der Waals surface area contributed by atoms with Crippen LogP contribution in [0, 0.1) is 11.8 Å². The van der Waals surface area contributed by atoms with Crippen molar-refractivity contribution in [2.75, 3.05) is 26.2 Å². The Morgan fingerprint density at radius 3 is 2.41 bits per heavy atom. The predicted octanol–water partition coefficient (Wildman–Crippen LogP) is 1.98. The van der Waals surface area contributed by atoms with E-state index in [9.17, 15) is 14.7 Å². The highest BCUT2D eigenvalue weighted by atomic mass is 16.4. The maximum atomic E-state index is 12.7. The van der Waals surface area contributed by atoms with E-state index < -0.39 is 5.60 Å². The monoisotopic (exact) mass is 370 g/mol. The molecular weight excluding hydrogens is 348 g/mol. The summed E-state index contributed by atoms with van der Waals surface area (Å²) in [5.41, 5.74) is -0.622. The Bertz CT molecular complexity index is 864. The van der Waals surface area contributed by atoms with Crippen LogP contribution in [0.2, 0.25) is 0 Å². The fourth-order valence-electron chi connectivity index (χ4n) is 2.78. The van der Waals surface area contributed by atoms with Gasteiger partial charge in [-0.2, -0.15) is 0 Å². The van der Waals surface area contributed by atoms with Crippen LogP contribution in [-0.4, -0.2) is 58.5 Å². The van der Waals surface area contributed by atoms with Crippen LogP contribution in [0.1, 0.15) is 46.9 Å². The first-order valence-electron chi connectivity index (χ1n) is 8.79. The van der Waals surface area contributed by atoms with Gasteiger partial charge in [-0.1, -0.05) is 5.92 Å². The number of furan rings is 2. The molecule has 1 fully saturated rings. The second-order valence-electron chi connectivity index (χ2n) is 6.92. The van der Waals surface area contributed by atoms with Crippen molar-refractivity contribution >= 4 is 11.8 Å². The number of carbonyl (C=O) groups excluding carboxylic acids is 2. The van der Waals surface area contributed by atoms with E-state index in [-0.39, 0.29) is 17.6 Å². The number of amides is 2. The normalized spacial score (nSPS) is 15.1. The minimum atomic E-state index is -1.13. The summed E-state index contributed by atoms with van der Waals surface area (Å²) >= 11 is 0. The van der Waals surface area contributed by atoms with Crippen LogP contribution in [-0.2, 0) is 0 Å². The summed E-state index contributed by atoms with van der Waals surface area (Å²) in [4.78, 5) is 28.5. The van der Waals surface area contributed by atoms with E-state index in [1.807, 2.05) is 0 Å². The number of hydrogen-bond donors (Lipinski definition) is 1. The average molecular weight is 370 g/mol. The van der Waals surface area contributed by atoms with E-state index in [0.717, 1.165) is 0 Å². The molecule has 2 aromatic heterocycles. The molecule has 0 unspecified atom stereocenters. The molecule has 7 heteroatoms. The lowest BCUT2D eigenvalue weighted by Crippen LogP contribution is -2.37. The topological polar surface area (TPSA) is 87.1 Å². The Hall–Kier alpha value is -2.98. The molecule has 0 aromatic carbocycles. The van der Waals surface area contributed by atoms with Crippen LogP contribution in [0.5, 0.6) is 0 Å². The lowest BCUT2D eigenvalue weighted by Gasteiger charge is -2.21. The fraction of sp³-hybridized carbons (Fsp3) is 0.400. The molecule has 3 rings (SSSR count). The van der Waals surface area contributed by atoms with Gasteiger partial charge in [-0.05, 0) is 44.4 Å². The van der Waals surface area contributed by atoms with E-state index >= 15 is 0 Å². The average Bonchev–Trinajstić information content (AvgIpc) is 3.26. The third-order valence-electron chi connectivity index (χ3n) is 4.15. The van der Waals surface area contributed by atoms with E-state index in [1.54, 1.807) is 41.8 Å². The molecule has 2 amide bonds. The van der Waals surface area contributed by atoms with Gasteiger partial charge in [0, 0.05) is 26.2 Å². The van der Waals surface area contributed by atoms with Gasteiger partial charge in [-0.25, -0.2) is 0 Å². The van der Waals surface area contributed by atoms with Crippen molar-refractivity contribution in [1.82, 2.24) is 9.80 Å². The third-order valence-corrected chi connectivity index (χ3v) is 4.15. The van der Waals surface area contributed by atoms with Gasteiger partial charge < -0.3 is 23.7 Å². The highest BCUT2D eigenvalue weighted by Gasteiger charge is 2.25.